The molecule has 53 heavy (non-hydrogen) atoms. The second-order valence-electron chi connectivity index (χ2n) is 14.4. The molecule has 0 nitrogen and oxygen atoms in total. The Morgan fingerprint density at radius 3 is 1.30 bits per heavy atom. The molecule has 0 spiro atoms. The van der Waals surface area contributed by atoms with Crippen LogP contribution in [0.2, 0.25) is 0 Å². The van der Waals surface area contributed by atoms with Gasteiger partial charge in [-0.25, -0.2) is 0 Å². The number of hydrogen-bond donors (Lipinski definition) is 0. The van der Waals surface area contributed by atoms with Crippen LogP contribution in [-0.4, -0.2) is 0 Å². The lowest BCUT2D eigenvalue weighted by molar-refractivity contribution is 1.63. The molecule has 0 N–H and O–H groups in total. The van der Waals surface area contributed by atoms with E-state index in [0.717, 1.165) is 0 Å². The standard InChI is InChI=1S/C52H30S/c1-2-14-35-31(11-1)23-26-45-44-22-10-21-36(52(44)53-51(35)45)34-13-9-12-32(27-34)33-24-25-43-46(28-33)41-19-7-8-20-42(41)49-29-47-39-17-5-3-15-37(39)38-16-4-6-18-40(38)48(47)30-50(43)49/h1-30H. The Kier molecular flexibility index (Phi) is 6.03. The summed E-state index contributed by atoms with van der Waals surface area (Å²) in [6.45, 7) is 0. The molecule has 0 unspecified atom stereocenters. The minimum absolute atomic E-state index is 1.23. The SMILES string of the molecule is c1cc(-c2ccc3c(c2)c2ccccc2c2cc4c5ccccc5c5ccccc5c4cc32)cc(-c2cccc3c2sc2c4ccccc4ccc32)c1. The van der Waals surface area contributed by atoms with Crippen molar-refractivity contribution in [2.24, 2.45) is 0 Å². The second kappa shape index (κ2) is 11.0. The molecule has 0 saturated carbocycles. The molecule has 11 aromatic carbocycles. The van der Waals surface area contributed by atoms with Gasteiger partial charge in [0.05, 0.1) is 0 Å². The maximum absolute atomic E-state index is 2.46. The van der Waals surface area contributed by atoms with Gasteiger partial charge < -0.3 is 0 Å². The highest BCUT2D eigenvalue weighted by molar-refractivity contribution is 7.27. The van der Waals surface area contributed by atoms with Gasteiger partial charge in [-0.15, -0.1) is 11.3 Å². The van der Waals surface area contributed by atoms with E-state index in [2.05, 4.69) is 182 Å². The molecule has 0 aliphatic carbocycles. The maximum Gasteiger partial charge on any atom is 0.0434 e. The fourth-order valence-electron chi connectivity index (χ4n) is 9.15. The summed E-state index contributed by atoms with van der Waals surface area (Å²) in [6, 6.07) is 68.0. The Balaban J connectivity index is 1.08. The summed E-state index contributed by atoms with van der Waals surface area (Å²) in [5.41, 5.74) is 5.00. The van der Waals surface area contributed by atoms with Crippen LogP contribution < -0.4 is 0 Å². The molecular formula is C52H30S. The van der Waals surface area contributed by atoms with Gasteiger partial charge in [0.15, 0.2) is 0 Å². The minimum atomic E-state index is 1.23. The van der Waals surface area contributed by atoms with Crippen LogP contribution in [0.3, 0.4) is 0 Å². The molecule has 0 aliphatic rings. The van der Waals surface area contributed by atoms with Gasteiger partial charge >= 0.3 is 0 Å². The highest BCUT2D eigenvalue weighted by Crippen LogP contribution is 2.45. The first-order valence-corrected chi connectivity index (χ1v) is 19.2. The summed E-state index contributed by atoms with van der Waals surface area (Å²) in [5.74, 6) is 0. The van der Waals surface area contributed by atoms with Gasteiger partial charge in [0.1, 0.15) is 0 Å². The quantitative estimate of drug-likeness (QED) is 0.125. The molecule has 12 rings (SSSR count). The van der Waals surface area contributed by atoms with Crippen molar-refractivity contribution in [2.75, 3.05) is 0 Å². The Labute approximate surface area is 309 Å². The van der Waals surface area contributed by atoms with E-state index < -0.39 is 0 Å². The van der Waals surface area contributed by atoms with Crippen LogP contribution >= 0.6 is 11.3 Å². The molecule has 244 valence electrons. The number of thiophene rings is 1. The summed E-state index contributed by atoms with van der Waals surface area (Å²) in [7, 11) is 0. The molecule has 0 radical (unpaired) electrons. The van der Waals surface area contributed by atoms with E-state index in [-0.39, 0.29) is 0 Å². The van der Waals surface area contributed by atoms with E-state index >= 15 is 0 Å². The molecule has 1 aromatic heterocycles. The zero-order valence-electron chi connectivity index (χ0n) is 28.7. The average Bonchev–Trinajstić information content (AvgIpc) is 3.63. The van der Waals surface area contributed by atoms with Crippen molar-refractivity contribution < 1.29 is 0 Å². The largest absolute Gasteiger partial charge is 0.134 e. The van der Waals surface area contributed by atoms with Crippen molar-refractivity contribution in [3.05, 3.63) is 182 Å². The van der Waals surface area contributed by atoms with Crippen molar-refractivity contribution in [2.45, 2.75) is 0 Å². The van der Waals surface area contributed by atoms with Gasteiger partial charge in [0.2, 0.25) is 0 Å². The van der Waals surface area contributed by atoms with Crippen LogP contribution in [-0.2, 0) is 0 Å². The summed E-state index contributed by atoms with van der Waals surface area (Å²) >= 11 is 1.92. The third-order valence-corrected chi connectivity index (χ3v) is 12.9. The fourth-order valence-corrected chi connectivity index (χ4v) is 10.5. The summed E-state index contributed by atoms with van der Waals surface area (Å²) in [5, 5.41) is 20.9. The third kappa shape index (κ3) is 4.17. The first kappa shape index (κ1) is 29.1. The highest BCUT2D eigenvalue weighted by atomic mass is 32.1. The number of rotatable bonds is 2. The van der Waals surface area contributed by atoms with E-state index in [4.69, 9.17) is 0 Å². The van der Waals surface area contributed by atoms with Crippen LogP contribution in [0, 0.1) is 0 Å². The number of fused-ring (bicyclic) bond motifs is 17. The normalized spacial score (nSPS) is 12.2. The molecule has 0 saturated heterocycles. The van der Waals surface area contributed by atoms with E-state index in [1.165, 1.54) is 118 Å². The van der Waals surface area contributed by atoms with Gasteiger partial charge in [0, 0.05) is 20.2 Å². The Hall–Kier alpha value is -6.54. The van der Waals surface area contributed by atoms with Crippen molar-refractivity contribution in [1.29, 1.82) is 0 Å². The third-order valence-electron chi connectivity index (χ3n) is 11.6. The van der Waals surface area contributed by atoms with E-state index in [1.807, 2.05) is 11.3 Å². The van der Waals surface area contributed by atoms with Gasteiger partial charge in [-0.3, -0.25) is 0 Å². The van der Waals surface area contributed by atoms with Crippen molar-refractivity contribution in [3.63, 3.8) is 0 Å². The first-order chi connectivity index (χ1) is 26.3. The summed E-state index contributed by atoms with van der Waals surface area (Å²) < 4.78 is 2.71. The lowest BCUT2D eigenvalue weighted by Gasteiger charge is -2.16. The summed E-state index contributed by atoms with van der Waals surface area (Å²) in [6.07, 6.45) is 0. The van der Waals surface area contributed by atoms with Gasteiger partial charge in [-0.1, -0.05) is 158 Å². The molecule has 0 fully saturated rings. The van der Waals surface area contributed by atoms with Gasteiger partial charge in [-0.05, 0) is 122 Å². The molecule has 0 amide bonds. The molecule has 1 heteroatoms. The number of benzene rings is 11. The highest BCUT2D eigenvalue weighted by Gasteiger charge is 2.16. The van der Waals surface area contributed by atoms with Crippen LogP contribution in [0.1, 0.15) is 0 Å². The smallest absolute Gasteiger partial charge is 0.0434 e. The van der Waals surface area contributed by atoms with Gasteiger partial charge in [0.25, 0.3) is 0 Å². The minimum Gasteiger partial charge on any atom is -0.134 e. The van der Waals surface area contributed by atoms with Gasteiger partial charge in [-0.2, -0.15) is 0 Å². The molecular weight excluding hydrogens is 657 g/mol. The zero-order chi connectivity index (χ0) is 34.6. The first-order valence-electron chi connectivity index (χ1n) is 18.3. The van der Waals surface area contributed by atoms with E-state index in [9.17, 15) is 0 Å². The lowest BCUT2D eigenvalue weighted by atomic mass is 9.87. The topological polar surface area (TPSA) is 0 Å². The van der Waals surface area contributed by atoms with Crippen molar-refractivity contribution in [3.8, 4) is 22.3 Å². The molecule has 12 aromatic rings. The van der Waals surface area contributed by atoms with Crippen molar-refractivity contribution in [1.82, 2.24) is 0 Å². The predicted octanol–water partition coefficient (Wildman–Crippen LogP) is 15.5. The molecule has 0 atom stereocenters. The Morgan fingerprint density at radius 2 is 0.660 bits per heavy atom. The van der Waals surface area contributed by atoms with Crippen LogP contribution in [0.4, 0.5) is 0 Å². The predicted molar refractivity (Wildman–Crippen MR) is 233 cm³/mol. The average molecular weight is 687 g/mol. The van der Waals surface area contributed by atoms with Crippen LogP contribution in [0.25, 0.3) is 118 Å². The van der Waals surface area contributed by atoms with Crippen LogP contribution in [0.15, 0.2) is 182 Å². The van der Waals surface area contributed by atoms with Crippen molar-refractivity contribution >= 4 is 107 Å². The Morgan fingerprint density at radius 1 is 0.226 bits per heavy atom. The summed E-state index contributed by atoms with van der Waals surface area (Å²) in [4.78, 5) is 0. The second-order valence-corrected chi connectivity index (χ2v) is 15.4. The van der Waals surface area contributed by atoms with Crippen LogP contribution in [0.5, 0.6) is 0 Å². The molecule has 0 aliphatic heterocycles. The fraction of sp³-hybridized carbons (Fsp3) is 0. The van der Waals surface area contributed by atoms with E-state index in [1.54, 1.807) is 0 Å². The lowest BCUT2D eigenvalue weighted by Crippen LogP contribution is -1.88. The van der Waals surface area contributed by atoms with E-state index in [0.29, 0.717) is 0 Å². The molecule has 1 heterocycles. The Bertz CT molecular complexity index is 3510. The monoisotopic (exact) mass is 686 g/mol. The molecule has 0 bridgehead atoms. The number of hydrogen-bond acceptors (Lipinski definition) is 1. The maximum atomic E-state index is 2.46. The zero-order valence-corrected chi connectivity index (χ0v) is 29.5.